The van der Waals surface area contributed by atoms with Gasteiger partial charge in [-0.1, -0.05) is 18.2 Å². The van der Waals surface area contributed by atoms with Crippen molar-refractivity contribution < 1.29 is 4.39 Å². The van der Waals surface area contributed by atoms with Crippen molar-refractivity contribution in [1.29, 1.82) is 0 Å². The summed E-state index contributed by atoms with van der Waals surface area (Å²) in [5, 5.41) is 3.24. The van der Waals surface area contributed by atoms with Crippen LogP contribution in [0.25, 0.3) is 0 Å². The molecule has 1 aromatic rings. The highest BCUT2D eigenvalue weighted by molar-refractivity contribution is 5.20. The molecule has 0 fully saturated rings. The minimum atomic E-state index is -0.158. The first-order valence-corrected chi connectivity index (χ1v) is 5.17. The molecule has 1 N–H and O–H groups in total. The molecular formula is C13H16FN. The predicted molar refractivity (Wildman–Crippen MR) is 60.9 cm³/mol. The lowest BCUT2D eigenvalue weighted by molar-refractivity contribution is 0.523. The number of nitrogens with one attached hydrogen (secondary N) is 1. The molecule has 0 aliphatic rings. The highest BCUT2D eigenvalue weighted by Crippen LogP contribution is 2.15. The summed E-state index contributed by atoms with van der Waals surface area (Å²) >= 11 is 0. The predicted octanol–water partition coefficient (Wildman–Crippen LogP) is 2.89. The summed E-state index contributed by atoms with van der Waals surface area (Å²) < 4.78 is 13.3. The molecule has 1 nitrogen and oxygen atoms in total. The van der Waals surface area contributed by atoms with Crippen molar-refractivity contribution in [3.63, 3.8) is 0 Å². The molecule has 1 atom stereocenters. The number of benzene rings is 1. The van der Waals surface area contributed by atoms with E-state index < -0.39 is 0 Å². The average molecular weight is 205 g/mol. The second-order valence-electron chi connectivity index (χ2n) is 3.51. The van der Waals surface area contributed by atoms with Crippen molar-refractivity contribution in [1.82, 2.24) is 5.32 Å². The van der Waals surface area contributed by atoms with Crippen LogP contribution in [0.4, 0.5) is 4.39 Å². The largest absolute Gasteiger partial charge is 0.310 e. The molecule has 0 heterocycles. The van der Waals surface area contributed by atoms with E-state index in [1.165, 1.54) is 6.07 Å². The third-order valence-corrected chi connectivity index (χ3v) is 2.32. The van der Waals surface area contributed by atoms with Gasteiger partial charge in [0.05, 0.1) is 0 Å². The van der Waals surface area contributed by atoms with Gasteiger partial charge in [-0.25, -0.2) is 4.39 Å². The summed E-state index contributed by atoms with van der Waals surface area (Å²) in [7, 11) is 0. The van der Waals surface area contributed by atoms with Gasteiger partial charge in [0.1, 0.15) is 5.82 Å². The van der Waals surface area contributed by atoms with Crippen LogP contribution in [0.5, 0.6) is 0 Å². The molecule has 0 bridgehead atoms. The van der Waals surface area contributed by atoms with Gasteiger partial charge in [0.25, 0.3) is 0 Å². The highest BCUT2D eigenvalue weighted by Gasteiger charge is 2.08. The molecule has 0 aliphatic carbocycles. The van der Waals surface area contributed by atoms with Gasteiger partial charge in [0, 0.05) is 18.0 Å². The van der Waals surface area contributed by atoms with E-state index in [1.54, 1.807) is 12.1 Å². The van der Waals surface area contributed by atoms with E-state index in [-0.39, 0.29) is 11.9 Å². The Morgan fingerprint density at radius 3 is 2.87 bits per heavy atom. The summed E-state index contributed by atoms with van der Waals surface area (Å²) in [6.07, 6.45) is 6.83. The quantitative estimate of drug-likeness (QED) is 0.575. The van der Waals surface area contributed by atoms with Crippen LogP contribution in [0.1, 0.15) is 31.4 Å². The molecule has 1 rings (SSSR count). The number of rotatable bonds is 5. The topological polar surface area (TPSA) is 12.0 Å². The van der Waals surface area contributed by atoms with Gasteiger partial charge in [-0.2, -0.15) is 0 Å². The Balaban J connectivity index is 2.44. The lowest BCUT2D eigenvalue weighted by Gasteiger charge is -2.14. The zero-order valence-electron chi connectivity index (χ0n) is 8.96. The second-order valence-corrected chi connectivity index (χ2v) is 3.51. The monoisotopic (exact) mass is 205 g/mol. The summed E-state index contributed by atoms with van der Waals surface area (Å²) in [6, 6.07) is 6.86. The molecule has 0 radical (unpaired) electrons. The lowest BCUT2D eigenvalue weighted by atomic mass is 10.1. The van der Waals surface area contributed by atoms with Crippen LogP contribution in [0.15, 0.2) is 24.3 Å². The molecule has 2 heteroatoms. The maximum atomic E-state index is 13.3. The standard InChI is InChI=1S/C13H16FN/c1-3-4-7-10-15-11(2)12-8-5-6-9-13(12)14/h1,5-6,8-9,11,15H,4,7,10H2,2H3/t11-/m1/s1. The van der Waals surface area contributed by atoms with Crippen molar-refractivity contribution in [2.24, 2.45) is 0 Å². The van der Waals surface area contributed by atoms with Crippen LogP contribution < -0.4 is 5.32 Å². The Bertz CT molecular complexity index is 341. The summed E-state index contributed by atoms with van der Waals surface area (Å²) in [4.78, 5) is 0. The first-order valence-electron chi connectivity index (χ1n) is 5.17. The summed E-state index contributed by atoms with van der Waals surface area (Å²) in [5.74, 6) is 2.42. The Hall–Kier alpha value is -1.33. The maximum absolute atomic E-state index is 13.3. The van der Waals surface area contributed by atoms with Crippen molar-refractivity contribution in [2.75, 3.05) is 6.54 Å². The molecular weight excluding hydrogens is 189 g/mol. The van der Waals surface area contributed by atoms with Gasteiger partial charge in [0.15, 0.2) is 0 Å². The van der Waals surface area contributed by atoms with Gasteiger partial charge < -0.3 is 5.32 Å². The molecule has 0 saturated heterocycles. The van der Waals surface area contributed by atoms with Crippen LogP contribution in [-0.2, 0) is 0 Å². The lowest BCUT2D eigenvalue weighted by Crippen LogP contribution is -2.20. The molecule has 15 heavy (non-hydrogen) atoms. The number of unbranched alkanes of at least 4 members (excludes halogenated alkanes) is 1. The minimum Gasteiger partial charge on any atom is -0.310 e. The Morgan fingerprint density at radius 1 is 1.47 bits per heavy atom. The summed E-state index contributed by atoms with van der Waals surface area (Å²) in [5.41, 5.74) is 0.707. The van der Waals surface area contributed by atoms with E-state index in [4.69, 9.17) is 6.42 Å². The van der Waals surface area contributed by atoms with E-state index in [1.807, 2.05) is 13.0 Å². The van der Waals surface area contributed by atoms with Crippen LogP contribution in [0, 0.1) is 18.2 Å². The molecule has 1 aromatic carbocycles. The maximum Gasteiger partial charge on any atom is 0.127 e. The number of hydrogen-bond donors (Lipinski definition) is 1. The van der Waals surface area contributed by atoms with Gasteiger partial charge in [-0.15, -0.1) is 12.3 Å². The normalized spacial score (nSPS) is 12.1. The van der Waals surface area contributed by atoms with Gasteiger partial charge >= 0.3 is 0 Å². The van der Waals surface area contributed by atoms with Crippen LogP contribution >= 0.6 is 0 Å². The van der Waals surface area contributed by atoms with Crippen LogP contribution in [0.3, 0.4) is 0 Å². The van der Waals surface area contributed by atoms with Crippen LogP contribution in [0.2, 0.25) is 0 Å². The molecule has 0 aromatic heterocycles. The van der Waals surface area contributed by atoms with E-state index in [0.717, 1.165) is 19.4 Å². The first kappa shape index (κ1) is 11.7. The third-order valence-electron chi connectivity index (χ3n) is 2.32. The summed E-state index contributed by atoms with van der Waals surface area (Å²) in [6.45, 7) is 2.77. The van der Waals surface area contributed by atoms with Crippen LogP contribution in [-0.4, -0.2) is 6.54 Å². The zero-order valence-corrected chi connectivity index (χ0v) is 8.96. The van der Waals surface area contributed by atoms with Crippen molar-refractivity contribution in [3.8, 4) is 12.3 Å². The molecule has 0 amide bonds. The molecule has 80 valence electrons. The SMILES string of the molecule is C#CCCCN[C@H](C)c1ccccc1F. The van der Waals surface area contributed by atoms with Crippen molar-refractivity contribution in [2.45, 2.75) is 25.8 Å². The second kappa shape index (κ2) is 6.21. The van der Waals surface area contributed by atoms with Gasteiger partial charge in [-0.05, 0) is 26.0 Å². The van der Waals surface area contributed by atoms with E-state index in [0.29, 0.717) is 5.56 Å². The number of hydrogen-bond acceptors (Lipinski definition) is 1. The number of terminal acetylenes is 1. The highest BCUT2D eigenvalue weighted by atomic mass is 19.1. The van der Waals surface area contributed by atoms with Gasteiger partial charge in [-0.3, -0.25) is 0 Å². The van der Waals surface area contributed by atoms with E-state index >= 15 is 0 Å². The minimum absolute atomic E-state index is 0.0315. The smallest absolute Gasteiger partial charge is 0.127 e. The Labute approximate surface area is 90.7 Å². The van der Waals surface area contributed by atoms with E-state index in [2.05, 4.69) is 11.2 Å². The average Bonchev–Trinajstić information content (AvgIpc) is 2.25. The molecule has 0 unspecified atom stereocenters. The molecule has 0 aliphatic heterocycles. The van der Waals surface area contributed by atoms with E-state index in [9.17, 15) is 4.39 Å². The first-order chi connectivity index (χ1) is 7.25. The third kappa shape index (κ3) is 3.73. The fourth-order valence-electron chi connectivity index (χ4n) is 1.45. The fraction of sp³-hybridized carbons (Fsp3) is 0.385. The van der Waals surface area contributed by atoms with Crippen molar-refractivity contribution >= 4 is 0 Å². The molecule has 0 spiro atoms. The Morgan fingerprint density at radius 2 is 2.20 bits per heavy atom. The Kier molecular flexibility index (Phi) is 4.86. The zero-order chi connectivity index (χ0) is 11.1. The van der Waals surface area contributed by atoms with Gasteiger partial charge in [0.2, 0.25) is 0 Å². The van der Waals surface area contributed by atoms with Crippen molar-refractivity contribution in [3.05, 3.63) is 35.6 Å². The fourth-order valence-corrected chi connectivity index (χ4v) is 1.45. The number of halogens is 1. The molecule has 0 saturated carbocycles.